The zero-order valence-corrected chi connectivity index (χ0v) is 15.1. The minimum atomic E-state index is -0.106. The molecule has 0 unspecified atom stereocenters. The fourth-order valence-corrected chi connectivity index (χ4v) is 3.63. The lowest BCUT2D eigenvalue weighted by molar-refractivity contribution is 0.0948. The number of hydrogen-bond acceptors (Lipinski definition) is 3. The maximum atomic E-state index is 12.4. The minimum absolute atomic E-state index is 0.106. The average molecular weight is 348 g/mol. The Morgan fingerprint density at radius 1 is 1.23 bits per heavy atom. The first-order valence-corrected chi connectivity index (χ1v) is 9.23. The van der Waals surface area contributed by atoms with E-state index in [0.717, 1.165) is 48.9 Å². The van der Waals surface area contributed by atoms with Crippen LogP contribution < -0.4 is 5.32 Å². The lowest BCUT2D eigenvalue weighted by atomic mass is 10.00. The Kier molecular flexibility index (Phi) is 4.71. The molecule has 5 nitrogen and oxygen atoms in total. The number of H-pyrrole nitrogens is 1. The maximum Gasteiger partial charge on any atom is 0.272 e. The zero-order valence-electron chi connectivity index (χ0n) is 15.1. The number of fused-ring (bicyclic) bond motifs is 2. The Morgan fingerprint density at radius 3 is 2.96 bits per heavy atom. The minimum Gasteiger partial charge on any atom is -0.351 e. The van der Waals surface area contributed by atoms with Crippen molar-refractivity contribution < 1.29 is 4.79 Å². The number of aromatic amines is 1. The van der Waals surface area contributed by atoms with Crippen LogP contribution in [0.15, 0.2) is 42.5 Å². The van der Waals surface area contributed by atoms with Gasteiger partial charge in [0.25, 0.3) is 5.91 Å². The third-order valence-corrected chi connectivity index (χ3v) is 5.08. The molecule has 0 aliphatic carbocycles. The van der Waals surface area contributed by atoms with E-state index in [1.54, 1.807) is 0 Å². The Hall–Kier alpha value is -2.66. The van der Waals surface area contributed by atoms with Crippen LogP contribution in [0.5, 0.6) is 0 Å². The molecule has 0 saturated heterocycles. The molecule has 1 aromatic heterocycles. The van der Waals surface area contributed by atoms with E-state index >= 15 is 0 Å². The van der Waals surface area contributed by atoms with Gasteiger partial charge in [0, 0.05) is 31.6 Å². The van der Waals surface area contributed by atoms with Crippen LogP contribution in [0.2, 0.25) is 0 Å². The van der Waals surface area contributed by atoms with Gasteiger partial charge < -0.3 is 5.32 Å². The van der Waals surface area contributed by atoms with Gasteiger partial charge in [0.2, 0.25) is 0 Å². The van der Waals surface area contributed by atoms with E-state index in [9.17, 15) is 4.79 Å². The summed E-state index contributed by atoms with van der Waals surface area (Å²) >= 11 is 0. The first kappa shape index (κ1) is 16.8. The fourth-order valence-electron chi connectivity index (χ4n) is 3.63. The lowest BCUT2D eigenvalue weighted by Gasteiger charge is -2.28. The lowest BCUT2D eigenvalue weighted by Crippen LogP contribution is -2.33. The number of aryl methyl sites for hydroxylation is 1. The number of amides is 1. The first-order valence-electron chi connectivity index (χ1n) is 9.23. The van der Waals surface area contributed by atoms with Crippen LogP contribution >= 0.6 is 0 Å². The molecule has 0 fully saturated rings. The molecule has 4 rings (SSSR count). The molecule has 1 aliphatic heterocycles. The van der Waals surface area contributed by atoms with E-state index in [1.165, 1.54) is 11.1 Å². The standard InChI is InChI=1S/C21H24N4O/c1-15-7-8-19-18(13-15)20(24-23-19)21(26)22-10-4-11-25-12-9-16-5-2-3-6-17(16)14-25/h2-3,5-8,13H,4,9-12,14H2,1H3,(H,22,26)(H,23,24). The number of aromatic nitrogens is 2. The number of benzene rings is 2. The van der Waals surface area contributed by atoms with Crippen molar-refractivity contribution in [3.05, 3.63) is 64.8 Å². The summed E-state index contributed by atoms with van der Waals surface area (Å²) in [5.41, 5.74) is 5.40. The number of nitrogens with zero attached hydrogens (tertiary/aromatic N) is 2. The highest BCUT2D eigenvalue weighted by atomic mass is 16.1. The average Bonchev–Trinajstić information content (AvgIpc) is 3.08. The van der Waals surface area contributed by atoms with Gasteiger partial charge in [-0.05, 0) is 43.0 Å². The van der Waals surface area contributed by atoms with Crippen molar-refractivity contribution in [3.63, 3.8) is 0 Å². The highest BCUT2D eigenvalue weighted by Gasteiger charge is 2.16. The molecule has 1 aliphatic rings. The molecule has 134 valence electrons. The molecule has 2 N–H and O–H groups in total. The highest BCUT2D eigenvalue weighted by molar-refractivity contribution is 6.04. The molecule has 3 aromatic rings. The summed E-state index contributed by atoms with van der Waals surface area (Å²) in [7, 11) is 0. The molecule has 0 atom stereocenters. The molecular weight excluding hydrogens is 324 g/mol. The third kappa shape index (κ3) is 3.48. The summed E-state index contributed by atoms with van der Waals surface area (Å²) < 4.78 is 0. The Bertz CT molecular complexity index is 931. The van der Waals surface area contributed by atoms with Crippen LogP contribution in [0.25, 0.3) is 10.9 Å². The monoisotopic (exact) mass is 348 g/mol. The second-order valence-electron chi connectivity index (χ2n) is 7.03. The van der Waals surface area contributed by atoms with Gasteiger partial charge in [0.1, 0.15) is 0 Å². The third-order valence-electron chi connectivity index (χ3n) is 5.08. The topological polar surface area (TPSA) is 61.0 Å². The molecule has 5 heteroatoms. The van der Waals surface area contributed by atoms with Gasteiger partial charge in [-0.15, -0.1) is 0 Å². The van der Waals surface area contributed by atoms with E-state index in [4.69, 9.17) is 0 Å². The summed E-state index contributed by atoms with van der Waals surface area (Å²) in [5.74, 6) is -0.106. The van der Waals surface area contributed by atoms with Gasteiger partial charge in [-0.1, -0.05) is 35.9 Å². The Morgan fingerprint density at radius 2 is 2.08 bits per heavy atom. The van der Waals surface area contributed by atoms with Crippen molar-refractivity contribution in [1.29, 1.82) is 0 Å². The van der Waals surface area contributed by atoms with Crippen LogP contribution in [0.3, 0.4) is 0 Å². The molecule has 1 amide bonds. The van der Waals surface area contributed by atoms with Gasteiger partial charge in [-0.25, -0.2) is 0 Å². The van der Waals surface area contributed by atoms with Crippen molar-refractivity contribution in [2.45, 2.75) is 26.3 Å². The van der Waals surface area contributed by atoms with Crippen molar-refractivity contribution in [3.8, 4) is 0 Å². The Labute approximate surface area is 153 Å². The van der Waals surface area contributed by atoms with Gasteiger partial charge >= 0.3 is 0 Å². The van der Waals surface area contributed by atoms with Crippen molar-refractivity contribution in [2.24, 2.45) is 0 Å². The number of hydrogen-bond donors (Lipinski definition) is 2. The Balaban J connectivity index is 1.28. The van der Waals surface area contributed by atoms with Crippen molar-refractivity contribution in [1.82, 2.24) is 20.4 Å². The number of nitrogens with one attached hydrogen (secondary N) is 2. The fraction of sp³-hybridized carbons (Fsp3) is 0.333. The predicted molar refractivity (Wildman–Crippen MR) is 103 cm³/mol. The van der Waals surface area contributed by atoms with Crippen LogP contribution in [0, 0.1) is 6.92 Å². The zero-order chi connectivity index (χ0) is 17.9. The number of rotatable bonds is 5. The quantitative estimate of drug-likeness (QED) is 0.697. The highest BCUT2D eigenvalue weighted by Crippen LogP contribution is 2.19. The molecule has 0 bridgehead atoms. The molecule has 26 heavy (non-hydrogen) atoms. The maximum absolute atomic E-state index is 12.4. The molecule has 0 saturated carbocycles. The van der Waals surface area contributed by atoms with E-state index in [-0.39, 0.29) is 5.91 Å². The smallest absolute Gasteiger partial charge is 0.272 e. The van der Waals surface area contributed by atoms with E-state index < -0.39 is 0 Å². The van der Waals surface area contributed by atoms with E-state index in [2.05, 4.69) is 44.7 Å². The second-order valence-corrected chi connectivity index (χ2v) is 7.03. The molecule has 2 aromatic carbocycles. The largest absolute Gasteiger partial charge is 0.351 e. The molecule has 2 heterocycles. The first-order chi connectivity index (χ1) is 12.7. The molecular formula is C21H24N4O. The normalized spacial score (nSPS) is 14.3. The second kappa shape index (κ2) is 7.30. The summed E-state index contributed by atoms with van der Waals surface area (Å²) in [6.07, 6.45) is 2.05. The van der Waals surface area contributed by atoms with Gasteiger partial charge in [-0.2, -0.15) is 5.10 Å². The SMILES string of the molecule is Cc1ccc2[nH]nc(C(=O)NCCCN3CCc4ccccc4C3)c2c1. The predicted octanol–water partition coefficient (Wildman–Crippen LogP) is 3.05. The van der Waals surface area contributed by atoms with Gasteiger partial charge in [0.05, 0.1) is 5.52 Å². The summed E-state index contributed by atoms with van der Waals surface area (Å²) in [6, 6.07) is 14.6. The van der Waals surface area contributed by atoms with Crippen LogP contribution in [-0.2, 0) is 13.0 Å². The molecule has 0 spiro atoms. The van der Waals surface area contributed by atoms with Crippen molar-refractivity contribution in [2.75, 3.05) is 19.6 Å². The number of carbonyl (C=O) groups is 1. The molecule has 0 radical (unpaired) electrons. The summed E-state index contributed by atoms with van der Waals surface area (Å²) in [6.45, 7) is 5.78. The number of carbonyl (C=O) groups excluding carboxylic acids is 1. The van der Waals surface area contributed by atoms with Gasteiger partial charge in [-0.3, -0.25) is 14.8 Å². The van der Waals surface area contributed by atoms with Crippen molar-refractivity contribution >= 4 is 16.8 Å². The van der Waals surface area contributed by atoms with Crippen LogP contribution in [0.4, 0.5) is 0 Å². The van der Waals surface area contributed by atoms with Gasteiger partial charge in [0.15, 0.2) is 5.69 Å². The van der Waals surface area contributed by atoms with Crippen LogP contribution in [0.1, 0.15) is 33.6 Å². The van der Waals surface area contributed by atoms with E-state index in [1.807, 2.05) is 25.1 Å². The summed E-state index contributed by atoms with van der Waals surface area (Å²) in [5, 5.41) is 11.0. The summed E-state index contributed by atoms with van der Waals surface area (Å²) in [4.78, 5) is 14.9. The van der Waals surface area contributed by atoms with E-state index in [0.29, 0.717) is 12.2 Å². The van der Waals surface area contributed by atoms with Crippen LogP contribution in [-0.4, -0.2) is 40.6 Å².